The van der Waals surface area contributed by atoms with Crippen molar-refractivity contribution in [3.63, 3.8) is 0 Å². The van der Waals surface area contributed by atoms with Crippen molar-refractivity contribution in [2.24, 2.45) is 0 Å². The second-order valence-electron chi connectivity index (χ2n) is 10.3. The summed E-state index contributed by atoms with van der Waals surface area (Å²) < 4.78 is 33.9. The van der Waals surface area contributed by atoms with Crippen LogP contribution < -0.4 is 10.1 Å². The van der Waals surface area contributed by atoms with E-state index >= 15 is 0 Å². The Morgan fingerprint density at radius 3 is 2.83 bits per heavy atom. The van der Waals surface area contributed by atoms with Crippen molar-refractivity contribution in [1.82, 2.24) is 14.8 Å². The SMILES string of the molecule is COCCCCn1c(CC(=O)N(C(C)C)[C@@H]2CCCNC2)c(OCC2CCCO2)c2cc(F)ccc21. The van der Waals surface area contributed by atoms with Gasteiger partial charge in [0.2, 0.25) is 5.91 Å². The van der Waals surface area contributed by atoms with Gasteiger partial charge >= 0.3 is 0 Å². The molecule has 1 amide bonds. The number of halogens is 1. The number of piperidine rings is 1. The van der Waals surface area contributed by atoms with E-state index in [0.29, 0.717) is 25.5 Å². The molecule has 2 saturated heterocycles. The van der Waals surface area contributed by atoms with E-state index in [1.54, 1.807) is 13.2 Å². The van der Waals surface area contributed by atoms with Gasteiger partial charge in [-0.15, -0.1) is 0 Å². The zero-order valence-corrected chi connectivity index (χ0v) is 22.1. The minimum atomic E-state index is -0.309. The highest BCUT2D eigenvalue weighted by molar-refractivity contribution is 5.91. The molecule has 4 rings (SSSR count). The van der Waals surface area contributed by atoms with Gasteiger partial charge in [0.25, 0.3) is 0 Å². The molecule has 0 spiro atoms. The summed E-state index contributed by atoms with van der Waals surface area (Å²) in [5.74, 6) is 0.392. The third kappa shape index (κ3) is 6.39. The van der Waals surface area contributed by atoms with Crippen LogP contribution in [0.5, 0.6) is 5.75 Å². The second-order valence-corrected chi connectivity index (χ2v) is 10.3. The normalized spacial score (nSPS) is 20.4. The van der Waals surface area contributed by atoms with Gasteiger partial charge in [0, 0.05) is 50.9 Å². The molecule has 2 atom stereocenters. The van der Waals surface area contributed by atoms with Crippen molar-refractivity contribution in [2.75, 3.05) is 40.0 Å². The van der Waals surface area contributed by atoms with Gasteiger partial charge in [-0.2, -0.15) is 0 Å². The van der Waals surface area contributed by atoms with Crippen LogP contribution in [-0.2, 0) is 27.2 Å². The predicted molar refractivity (Wildman–Crippen MR) is 139 cm³/mol. The van der Waals surface area contributed by atoms with E-state index in [9.17, 15) is 9.18 Å². The number of nitrogens with one attached hydrogen (secondary N) is 1. The molecule has 200 valence electrons. The van der Waals surface area contributed by atoms with Gasteiger partial charge < -0.3 is 29.0 Å². The van der Waals surface area contributed by atoms with Gasteiger partial charge in [0.15, 0.2) is 0 Å². The highest BCUT2D eigenvalue weighted by atomic mass is 19.1. The molecule has 0 aliphatic carbocycles. The first-order chi connectivity index (χ1) is 17.5. The van der Waals surface area contributed by atoms with Gasteiger partial charge in [-0.1, -0.05) is 0 Å². The Labute approximate surface area is 214 Å². The lowest BCUT2D eigenvalue weighted by molar-refractivity contribution is -0.135. The molecule has 0 radical (unpaired) electrons. The Morgan fingerprint density at radius 1 is 1.28 bits per heavy atom. The summed E-state index contributed by atoms with van der Waals surface area (Å²) in [5, 5.41) is 4.16. The summed E-state index contributed by atoms with van der Waals surface area (Å²) in [5.41, 5.74) is 1.72. The number of fused-ring (bicyclic) bond motifs is 1. The van der Waals surface area contributed by atoms with Crippen molar-refractivity contribution in [3.8, 4) is 5.75 Å². The number of rotatable bonds is 12. The number of carbonyl (C=O) groups excluding carboxylic acids is 1. The molecule has 1 aromatic heterocycles. The fourth-order valence-corrected chi connectivity index (χ4v) is 5.63. The summed E-state index contributed by atoms with van der Waals surface area (Å²) >= 11 is 0. The molecule has 7 nitrogen and oxygen atoms in total. The minimum Gasteiger partial charge on any atom is -0.488 e. The van der Waals surface area contributed by atoms with Crippen LogP contribution >= 0.6 is 0 Å². The Balaban J connectivity index is 1.68. The Kier molecular flexibility index (Phi) is 9.62. The number of amides is 1. The maximum absolute atomic E-state index is 14.4. The molecule has 0 saturated carbocycles. The lowest BCUT2D eigenvalue weighted by Gasteiger charge is -2.38. The number of aryl methyl sites for hydroxylation is 1. The number of benzene rings is 1. The molecule has 2 aromatic rings. The van der Waals surface area contributed by atoms with Gasteiger partial charge in [-0.3, -0.25) is 4.79 Å². The zero-order valence-electron chi connectivity index (χ0n) is 22.1. The number of hydrogen-bond donors (Lipinski definition) is 1. The van der Waals surface area contributed by atoms with E-state index < -0.39 is 0 Å². The van der Waals surface area contributed by atoms with Gasteiger partial charge in [-0.05, 0) is 77.1 Å². The molecule has 2 aliphatic rings. The zero-order chi connectivity index (χ0) is 25.5. The third-order valence-electron chi connectivity index (χ3n) is 7.33. The first kappa shape index (κ1) is 26.9. The molecule has 1 unspecified atom stereocenters. The molecular weight excluding hydrogens is 461 g/mol. The molecule has 1 aromatic carbocycles. The van der Waals surface area contributed by atoms with Crippen LogP contribution in [0.4, 0.5) is 4.39 Å². The Hall–Kier alpha value is -2.16. The fourth-order valence-electron chi connectivity index (χ4n) is 5.63. The van der Waals surface area contributed by atoms with Crippen molar-refractivity contribution < 1.29 is 23.4 Å². The minimum absolute atomic E-state index is 0.0303. The fraction of sp³-hybridized carbons (Fsp3) is 0.679. The monoisotopic (exact) mass is 503 g/mol. The van der Waals surface area contributed by atoms with Gasteiger partial charge in [0.05, 0.1) is 23.7 Å². The van der Waals surface area contributed by atoms with Crippen molar-refractivity contribution in [2.45, 2.75) is 83.5 Å². The lowest BCUT2D eigenvalue weighted by atomic mass is 10.0. The largest absolute Gasteiger partial charge is 0.488 e. The Morgan fingerprint density at radius 2 is 2.14 bits per heavy atom. The van der Waals surface area contributed by atoms with Crippen molar-refractivity contribution in [3.05, 3.63) is 29.7 Å². The number of unbranched alkanes of at least 4 members (excludes halogenated alkanes) is 1. The van der Waals surface area contributed by atoms with E-state index in [2.05, 4.69) is 23.7 Å². The van der Waals surface area contributed by atoms with E-state index in [4.69, 9.17) is 14.2 Å². The lowest BCUT2D eigenvalue weighted by Crippen LogP contribution is -2.52. The average molecular weight is 504 g/mol. The molecule has 3 heterocycles. The number of aromatic nitrogens is 1. The van der Waals surface area contributed by atoms with Crippen LogP contribution in [0.1, 0.15) is 58.1 Å². The molecule has 8 heteroatoms. The van der Waals surface area contributed by atoms with Gasteiger partial charge in [-0.25, -0.2) is 4.39 Å². The molecule has 0 bridgehead atoms. The number of methoxy groups -OCH3 is 1. The average Bonchev–Trinajstić information content (AvgIpc) is 3.47. The third-order valence-corrected chi connectivity index (χ3v) is 7.33. The summed E-state index contributed by atoms with van der Waals surface area (Å²) in [7, 11) is 1.70. The highest BCUT2D eigenvalue weighted by Crippen LogP contribution is 2.36. The van der Waals surface area contributed by atoms with E-state index in [1.807, 2.05) is 4.90 Å². The topological polar surface area (TPSA) is 65.0 Å². The Bertz CT molecular complexity index is 996. The summed E-state index contributed by atoms with van der Waals surface area (Å²) in [6.45, 7) is 8.52. The number of nitrogens with zero attached hydrogens (tertiary/aromatic N) is 2. The molecule has 2 fully saturated rings. The van der Waals surface area contributed by atoms with Gasteiger partial charge in [0.1, 0.15) is 18.2 Å². The molecule has 2 aliphatic heterocycles. The van der Waals surface area contributed by atoms with Crippen LogP contribution in [0.15, 0.2) is 18.2 Å². The van der Waals surface area contributed by atoms with Crippen molar-refractivity contribution in [1.29, 1.82) is 0 Å². The predicted octanol–water partition coefficient (Wildman–Crippen LogP) is 4.30. The summed E-state index contributed by atoms with van der Waals surface area (Å²) in [4.78, 5) is 15.9. The first-order valence-electron chi connectivity index (χ1n) is 13.6. The van der Waals surface area contributed by atoms with Crippen LogP contribution in [0.25, 0.3) is 10.9 Å². The molecule has 1 N–H and O–H groups in total. The number of carbonyl (C=O) groups is 1. The van der Waals surface area contributed by atoms with E-state index in [-0.39, 0.29) is 36.3 Å². The van der Waals surface area contributed by atoms with E-state index in [1.165, 1.54) is 12.1 Å². The standard InChI is InChI=1S/C28H42FN3O4/c1-20(2)32(22-8-6-12-30-18-22)27(33)17-26-28(36-19-23-9-7-15-35-23)24-16-21(29)10-11-25(24)31(26)13-4-5-14-34-3/h10-11,16,20,22-23,30H,4-9,12-15,17-19H2,1-3H3/t22-,23?/m1/s1. The molecular formula is C28H42FN3O4. The second kappa shape index (κ2) is 12.9. The maximum Gasteiger partial charge on any atom is 0.229 e. The van der Waals surface area contributed by atoms with Crippen LogP contribution in [0.3, 0.4) is 0 Å². The first-order valence-corrected chi connectivity index (χ1v) is 13.6. The molecule has 36 heavy (non-hydrogen) atoms. The van der Waals surface area contributed by atoms with Crippen LogP contribution in [0.2, 0.25) is 0 Å². The van der Waals surface area contributed by atoms with Crippen LogP contribution in [-0.4, -0.2) is 73.6 Å². The van der Waals surface area contributed by atoms with Crippen LogP contribution in [0, 0.1) is 5.82 Å². The highest BCUT2D eigenvalue weighted by Gasteiger charge is 2.30. The summed E-state index contributed by atoms with van der Waals surface area (Å²) in [6, 6.07) is 5.09. The van der Waals surface area contributed by atoms with E-state index in [0.717, 1.165) is 74.8 Å². The van der Waals surface area contributed by atoms with Crippen molar-refractivity contribution >= 4 is 16.8 Å². The number of hydrogen-bond acceptors (Lipinski definition) is 5. The quantitative estimate of drug-likeness (QED) is 0.438. The summed E-state index contributed by atoms with van der Waals surface area (Å²) in [6.07, 6.45) is 6.09. The smallest absolute Gasteiger partial charge is 0.229 e. The maximum atomic E-state index is 14.4. The number of ether oxygens (including phenoxy) is 3.